The van der Waals surface area contributed by atoms with Gasteiger partial charge in [-0.2, -0.15) is 0 Å². The summed E-state index contributed by atoms with van der Waals surface area (Å²) in [6, 6.07) is 8.06. The van der Waals surface area contributed by atoms with E-state index in [1.165, 1.54) is 12.8 Å². The molecule has 2 aromatic rings. The number of hydrogen-bond acceptors (Lipinski definition) is 4. The highest BCUT2D eigenvalue weighted by atomic mass is 16.2. The highest BCUT2D eigenvalue weighted by molar-refractivity contribution is 5.79. The van der Waals surface area contributed by atoms with E-state index in [1.807, 2.05) is 24.3 Å². The van der Waals surface area contributed by atoms with E-state index in [-0.39, 0.29) is 12.5 Å². The van der Waals surface area contributed by atoms with Gasteiger partial charge in [0.05, 0.1) is 5.52 Å². The Bertz CT molecular complexity index is 617. The van der Waals surface area contributed by atoms with Crippen LogP contribution < -0.4 is 5.32 Å². The first-order valence-electron chi connectivity index (χ1n) is 7.53. The summed E-state index contributed by atoms with van der Waals surface area (Å²) in [5, 5.41) is 11.1. The lowest BCUT2D eigenvalue weighted by molar-refractivity contribution is -0.122. The van der Waals surface area contributed by atoms with Crippen LogP contribution in [0.1, 0.15) is 19.8 Å². The van der Waals surface area contributed by atoms with Crippen LogP contribution in [-0.4, -0.2) is 51.5 Å². The number of rotatable bonds is 5. The molecule has 2 heterocycles. The average Bonchev–Trinajstić information content (AvgIpc) is 3.15. The van der Waals surface area contributed by atoms with Crippen LogP contribution in [0, 0.1) is 0 Å². The summed E-state index contributed by atoms with van der Waals surface area (Å²) >= 11 is 0. The van der Waals surface area contributed by atoms with Gasteiger partial charge in [0.1, 0.15) is 12.1 Å². The molecule has 1 aliphatic rings. The smallest absolute Gasteiger partial charge is 0.241 e. The summed E-state index contributed by atoms with van der Waals surface area (Å²) in [7, 11) is 0. The third-order valence-electron chi connectivity index (χ3n) is 4.07. The van der Waals surface area contributed by atoms with Gasteiger partial charge >= 0.3 is 0 Å². The van der Waals surface area contributed by atoms with Crippen molar-refractivity contribution in [1.82, 2.24) is 25.2 Å². The number of carbonyl (C=O) groups excluding carboxylic acids is 1. The molecule has 3 rings (SSSR count). The lowest BCUT2D eigenvalue weighted by atomic mass is 10.3. The maximum absolute atomic E-state index is 12.1. The Balaban J connectivity index is 1.54. The largest absolute Gasteiger partial charge is 0.353 e. The van der Waals surface area contributed by atoms with E-state index in [0.29, 0.717) is 12.6 Å². The van der Waals surface area contributed by atoms with Crippen molar-refractivity contribution in [2.24, 2.45) is 0 Å². The van der Waals surface area contributed by atoms with E-state index in [0.717, 1.165) is 24.1 Å². The third kappa shape index (κ3) is 3.21. The highest BCUT2D eigenvalue weighted by Crippen LogP contribution is 2.11. The maximum atomic E-state index is 12.1. The molecule has 0 aliphatic carbocycles. The zero-order chi connectivity index (χ0) is 14.7. The standard InChI is InChI=1S/C15H21N5O/c1-12(19-8-4-5-9-19)10-16-15(21)11-20-14-7-3-2-6-13(14)17-18-20/h2-3,6-7,12H,4-5,8-11H2,1H3,(H,16,21)/t12-/m0/s1. The number of aromatic nitrogens is 3. The van der Waals surface area contributed by atoms with Gasteiger partial charge < -0.3 is 5.32 Å². The van der Waals surface area contributed by atoms with Gasteiger partial charge in [0.15, 0.2) is 0 Å². The third-order valence-corrected chi connectivity index (χ3v) is 4.07. The first-order chi connectivity index (χ1) is 10.2. The van der Waals surface area contributed by atoms with Gasteiger partial charge in [-0.1, -0.05) is 17.3 Å². The Morgan fingerprint density at radius 2 is 2.10 bits per heavy atom. The topological polar surface area (TPSA) is 63.1 Å². The van der Waals surface area contributed by atoms with Gasteiger partial charge in [-0.25, -0.2) is 4.68 Å². The summed E-state index contributed by atoms with van der Waals surface area (Å²) in [5.74, 6) is -0.0169. The summed E-state index contributed by atoms with van der Waals surface area (Å²) in [6.07, 6.45) is 2.53. The van der Waals surface area contributed by atoms with Crippen molar-refractivity contribution in [3.05, 3.63) is 24.3 Å². The summed E-state index contributed by atoms with van der Waals surface area (Å²) in [4.78, 5) is 14.5. The van der Waals surface area contributed by atoms with Crippen LogP contribution in [0.5, 0.6) is 0 Å². The van der Waals surface area contributed by atoms with Crippen LogP contribution >= 0.6 is 0 Å². The molecule has 6 heteroatoms. The number of carbonyl (C=O) groups is 1. The molecule has 1 atom stereocenters. The Kier molecular flexibility index (Phi) is 4.15. The second-order valence-electron chi connectivity index (χ2n) is 5.63. The molecule has 1 saturated heterocycles. The zero-order valence-corrected chi connectivity index (χ0v) is 12.3. The SMILES string of the molecule is C[C@@H](CNC(=O)Cn1nnc2ccccc21)N1CCCC1. The second kappa shape index (κ2) is 6.22. The molecule has 1 aromatic heterocycles. The highest BCUT2D eigenvalue weighted by Gasteiger charge is 2.18. The molecule has 112 valence electrons. The van der Waals surface area contributed by atoms with Crippen LogP contribution in [0.25, 0.3) is 11.0 Å². The summed E-state index contributed by atoms with van der Waals surface area (Å²) in [6.45, 7) is 5.35. The number of likely N-dealkylation sites (tertiary alicyclic amines) is 1. The molecule has 1 aromatic carbocycles. The van der Waals surface area contributed by atoms with Crippen LogP contribution in [0.2, 0.25) is 0 Å². The van der Waals surface area contributed by atoms with Crippen molar-refractivity contribution in [3.63, 3.8) is 0 Å². The predicted molar refractivity (Wildman–Crippen MR) is 80.8 cm³/mol. The zero-order valence-electron chi connectivity index (χ0n) is 12.3. The minimum Gasteiger partial charge on any atom is -0.353 e. The molecular formula is C15H21N5O. The van der Waals surface area contributed by atoms with E-state index in [1.54, 1.807) is 4.68 Å². The first-order valence-corrected chi connectivity index (χ1v) is 7.53. The molecule has 0 radical (unpaired) electrons. The molecule has 0 spiro atoms. The van der Waals surface area contributed by atoms with E-state index in [4.69, 9.17) is 0 Å². The van der Waals surface area contributed by atoms with Crippen LogP contribution in [0.15, 0.2) is 24.3 Å². The van der Waals surface area contributed by atoms with E-state index in [2.05, 4.69) is 27.5 Å². The van der Waals surface area contributed by atoms with Gasteiger partial charge in [-0.3, -0.25) is 9.69 Å². The molecule has 0 bridgehead atoms. The quantitative estimate of drug-likeness (QED) is 0.892. The second-order valence-corrected chi connectivity index (χ2v) is 5.63. The van der Waals surface area contributed by atoms with Crippen LogP contribution in [0.4, 0.5) is 0 Å². The van der Waals surface area contributed by atoms with Gasteiger partial charge in [0, 0.05) is 12.6 Å². The molecule has 21 heavy (non-hydrogen) atoms. The minimum atomic E-state index is -0.0169. The molecule has 0 unspecified atom stereocenters. The maximum Gasteiger partial charge on any atom is 0.241 e. The van der Waals surface area contributed by atoms with Gasteiger partial charge in [-0.15, -0.1) is 5.10 Å². The molecule has 0 saturated carbocycles. The molecule has 1 amide bonds. The van der Waals surface area contributed by atoms with E-state index < -0.39 is 0 Å². The van der Waals surface area contributed by atoms with E-state index >= 15 is 0 Å². The molecule has 1 fully saturated rings. The molecule has 1 N–H and O–H groups in total. The number of benzene rings is 1. The molecule has 1 aliphatic heterocycles. The lowest BCUT2D eigenvalue weighted by Crippen LogP contribution is -2.41. The van der Waals surface area contributed by atoms with Crippen molar-refractivity contribution in [1.29, 1.82) is 0 Å². The first kappa shape index (κ1) is 14.0. The van der Waals surface area contributed by atoms with E-state index in [9.17, 15) is 4.79 Å². The fourth-order valence-electron chi connectivity index (χ4n) is 2.80. The van der Waals surface area contributed by atoms with Gasteiger partial charge in [0.2, 0.25) is 5.91 Å². The monoisotopic (exact) mass is 287 g/mol. The van der Waals surface area contributed by atoms with Crippen molar-refractivity contribution in [2.75, 3.05) is 19.6 Å². The number of nitrogens with one attached hydrogen (secondary N) is 1. The fourth-order valence-corrected chi connectivity index (χ4v) is 2.80. The Hall–Kier alpha value is -1.95. The average molecular weight is 287 g/mol. The number of hydrogen-bond donors (Lipinski definition) is 1. The van der Waals surface area contributed by atoms with Crippen molar-refractivity contribution in [2.45, 2.75) is 32.4 Å². The predicted octanol–water partition coefficient (Wildman–Crippen LogP) is 1.03. The Morgan fingerprint density at radius 3 is 2.90 bits per heavy atom. The van der Waals surface area contributed by atoms with Crippen molar-refractivity contribution >= 4 is 16.9 Å². The Labute approximate surface area is 124 Å². The molecule has 6 nitrogen and oxygen atoms in total. The minimum absolute atomic E-state index is 0.0169. The van der Waals surface area contributed by atoms with Gasteiger partial charge in [-0.05, 0) is 45.0 Å². The van der Waals surface area contributed by atoms with Crippen LogP contribution in [0.3, 0.4) is 0 Å². The number of para-hydroxylation sites is 1. The number of nitrogens with zero attached hydrogens (tertiary/aromatic N) is 4. The van der Waals surface area contributed by atoms with Crippen LogP contribution in [-0.2, 0) is 11.3 Å². The Morgan fingerprint density at radius 1 is 1.33 bits per heavy atom. The fraction of sp³-hybridized carbons (Fsp3) is 0.533. The van der Waals surface area contributed by atoms with Crippen molar-refractivity contribution < 1.29 is 4.79 Å². The summed E-state index contributed by atoms with van der Waals surface area (Å²) in [5.41, 5.74) is 1.70. The van der Waals surface area contributed by atoms with Gasteiger partial charge in [0.25, 0.3) is 0 Å². The lowest BCUT2D eigenvalue weighted by Gasteiger charge is -2.23. The number of amides is 1. The van der Waals surface area contributed by atoms with Crippen molar-refractivity contribution in [3.8, 4) is 0 Å². The summed E-state index contributed by atoms with van der Waals surface area (Å²) < 4.78 is 1.64. The molecular weight excluding hydrogens is 266 g/mol. The number of fused-ring (bicyclic) bond motifs is 1. The normalized spacial score (nSPS) is 17.2.